The van der Waals surface area contributed by atoms with E-state index in [9.17, 15) is 9.90 Å². The first kappa shape index (κ1) is 43.4. The summed E-state index contributed by atoms with van der Waals surface area (Å²) < 4.78 is 5.44. The van der Waals surface area contributed by atoms with Crippen molar-refractivity contribution in [3.8, 4) is 0 Å². The molecule has 0 aromatic heterocycles. The molecule has 0 rings (SSSR count). The molecular weight excluding hydrogens is 542 g/mol. The molecule has 1 unspecified atom stereocenters. The van der Waals surface area contributed by atoms with Crippen LogP contribution in [-0.4, -0.2) is 37.4 Å². The average Bonchev–Trinajstić information content (AvgIpc) is 3.02. The van der Waals surface area contributed by atoms with Gasteiger partial charge in [-0.25, -0.2) is 0 Å². The molecule has 0 fully saturated rings. The van der Waals surface area contributed by atoms with Crippen LogP contribution < -0.4 is 5.32 Å². The Balaban J connectivity index is 3.45. The van der Waals surface area contributed by atoms with Gasteiger partial charge in [-0.3, -0.25) is 4.79 Å². The maximum Gasteiger partial charge on any atom is 0.305 e. The van der Waals surface area contributed by atoms with Crippen molar-refractivity contribution in [1.82, 2.24) is 5.32 Å². The van der Waals surface area contributed by atoms with Crippen LogP contribution in [0.25, 0.3) is 0 Å². The van der Waals surface area contributed by atoms with Gasteiger partial charge in [0.2, 0.25) is 0 Å². The normalized spacial score (nSPS) is 12.2. The Kier molecular flexibility index (Phi) is 38.0. The third-order valence-electron chi connectivity index (χ3n) is 9.46. The number of ether oxygens (including phenoxy) is 1. The van der Waals surface area contributed by atoms with Gasteiger partial charge in [-0.2, -0.15) is 0 Å². The van der Waals surface area contributed by atoms with Gasteiger partial charge < -0.3 is 15.2 Å². The van der Waals surface area contributed by atoms with E-state index in [-0.39, 0.29) is 12.6 Å². The summed E-state index contributed by atoms with van der Waals surface area (Å²) in [5.74, 6) is 0.476. The van der Waals surface area contributed by atoms with E-state index in [2.05, 4.69) is 19.2 Å². The summed E-state index contributed by atoms with van der Waals surface area (Å²) in [7, 11) is 0. The van der Waals surface area contributed by atoms with Crippen LogP contribution in [0.2, 0.25) is 0 Å². The fraction of sp³-hybridized carbons (Fsp3) is 0.975. The van der Waals surface area contributed by atoms with Crippen LogP contribution in [0.15, 0.2) is 0 Å². The van der Waals surface area contributed by atoms with E-state index >= 15 is 0 Å². The number of unbranched alkanes of at least 4 members (excludes halogenated alkanes) is 27. The second-order valence-electron chi connectivity index (χ2n) is 13.9. The quantitative estimate of drug-likeness (QED) is 0.0530. The molecule has 0 saturated carbocycles. The van der Waals surface area contributed by atoms with Gasteiger partial charge in [-0.1, -0.05) is 194 Å². The minimum absolute atomic E-state index is 0.0455. The number of rotatable bonds is 38. The highest BCUT2D eigenvalue weighted by Gasteiger charge is 2.08. The highest BCUT2D eigenvalue weighted by molar-refractivity contribution is 5.69. The van der Waals surface area contributed by atoms with Crippen molar-refractivity contribution in [2.24, 2.45) is 5.92 Å². The molecule has 1 atom stereocenters. The fourth-order valence-electron chi connectivity index (χ4n) is 6.41. The predicted molar refractivity (Wildman–Crippen MR) is 193 cm³/mol. The van der Waals surface area contributed by atoms with E-state index in [1.54, 1.807) is 0 Å². The van der Waals surface area contributed by atoms with E-state index in [0.29, 0.717) is 25.5 Å². The van der Waals surface area contributed by atoms with Gasteiger partial charge in [0, 0.05) is 19.6 Å². The van der Waals surface area contributed by atoms with Crippen molar-refractivity contribution in [2.75, 3.05) is 26.3 Å². The summed E-state index contributed by atoms with van der Waals surface area (Å²) in [4.78, 5) is 12.1. The lowest BCUT2D eigenvalue weighted by molar-refractivity contribution is -0.143. The van der Waals surface area contributed by atoms with E-state index in [1.165, 1.54) is 180 Å². The van der Waals surface area contributed by atoms with Gasteiger partial charge in [0.25, 0.3) is 0 Å². The second-order valence-corrected chi connectivity index (χ2v) is 13.9. The smallest absolute Gasteiger partial charge is 0.305 e. The number of aliphatic hydroxyl groups excluding tert-OH is 1. The number of hydrogen-bond acceptors (Lipinski definition) is 4. The molecule has 264 valence electrons. The van der Waals surface area contributed by atoms with Crippen LogP contribution in [0.5, 0.6) is 0 Å². The van der Waals surface area contributed by atoms with Gasteiger partial charge in [0.05, 0.1) is 0 Å². The Morgan fingerprint density at radius 1 is 0.523 bits per heavy atom. The third-order valence-corrected chi connectivity index (χ3v) is 9.46. The molecule has 0 radical (unpaired) electrons. The molecule has 0 aliphatic carbocycles. The summed E-state index contributed by atoms with van der Waals surface area (Å²) in [6.07, 6.45) is 42.2. The Morgan fingerprint density at radius 2 is 0.886 bits per heavy atom. The van der Waals surface area contributed by atoms with Crippen molar-refractivity contribution < 1.29 is 14.6 Å². The van der Waals surface area contributed by atoms with Crippen LogP contribution in [0.4, 0.5) is 0 Å². The molecule has 0 aromatic rings. The van der Waals surface area contributed by atoms with Crippen LogP contribution >= 0.6 is 0 Å². The van der Waals surface area contributed by atoms with Gasteiger partial charge >= 0.3 is 5.97 Å². The van der Waals surface area contributed by atoms with E-state index in [1.807, 2.05) is 0 Å². The van der Waals surface area contributed by atoms with Crippen molar-refractivity contribution in [3.05, 3.63) is 0 Å². The van der Waals surface area contributed by atoms with Crippen LogP contribution in [0.3, 0.4) is 0 Å². The van der Waals surface area contributed by atoms with Gasteiger partial charge in [0.15, 0.2) is 0 Å². The molecule has 44 heavy (non-hydrogen) atoms. The zero-order chi connectivity index (χ0) is 32.0. The first-order valence-electron chi connectivity index (χ1n) is 20.2. The zero-order valence-electron chi connectivity index (χ0n) is 30.3. The third kappa shape index (κ3) is 35.9. The van der Waals surface area contributed by atoms with Crippen LogP contribution in [-0.2, 0) is 9.53 Å². The predicted octanol–water partition coefficient (Wildman–Crippen LogP) is 12.3. The molecule has 0 aliphatic rings. The molecule has 0 heterocycles. The Hall–Kier alpha value is -0.610. The Bertz CT molecular complexity index is 541. The number of esters is 1. The summed E-state index contributed by atoms with van der Waals surface area (Å²) in [6.45, 7) is 6.92. The summed E-state index contributed by atoms with van der Waals surface area (Å²) in [5.41, 5.74) is 0. The first-order chi connectivity index (χ1) is 21.7. The zero-order valence-corrected chi connectivity index (χ0v) is 30.3. The summed E-state index contributed by atoms with van der Waals surface area (Å²) in [5, 5.41) is 12.9. The van der Waals surface area contributed by atoms with Gasteiger partial charge in [-0.15, -0.1) is 0 Å². The maximum atomic E-state index is 12.1. The summed E-state index contributed by atoms with van der Waals surface area (Å²) >= 11 is 0. The number of nitrogens with one attached hydrogen (secondary N) is 1. The molecule has 0 amide bonds. The fourth-order valence-corrected chi connectivity index (χ4v) is 6.41. The monoisotopic (exact) mass is 624 g/mol. The van der Waals surface area contributed by atoms with E-state index in [4.69, 9.17) is 4.74 Å². The van der Waals surface area contributed by atoms with Crippen LogP contribution in [0, 0.1) is 5.92 Å². The van der Waals surface area contributed by atoms with Crippen molar-refractivity contribution in [1.29, 1.82) is 0 Å². The number of hydrogen-bond donors (Lipinski definition) is 2. The van der Waals surface area contributed by atoms with Crippen molar-refractivity contribution in [2.45, 2.75) is 219 Å². The average molecular weight is 624 g/mol. The molecule has 0 bridgehead atoms. The molecule has 4 nitrogen and oxygen atoms in total. The topological polar surface area (TPSA) is 58.6 Å². The van der Waals surface area contributed by atoms with E-state index in [0.717, 1.165) is 25.8 Å². The van der Waals surface area contributed by atoms with Crippen LogP contribution in [0.1, 0.15) is 219 Å². The minimum Gasteiger partial charge on any atom is -0.464 e. The lowest BCUT2D eigenvalue weighted by atomic mass is 9.97. The van der Waals surface area contributed by atoms with Gasteiger partial charge in [0.1, 0.15) is 6.61 Å². The molecule has 0 saturated heterocycles. The largest absolute Gasteiger partial charge is 0.464 e. The van der Waals surface area contributed by atoms with E-state index < -0.39 is 0 Å². The molecule has 4 heteroatoms. The molecule has 0 aliphatic heterocycles. The lowest BCUT2D eigenvalue weighted by Gasteiger charge is -2.16. The first-order valence-corrected chi connectivity index (χ1v) is 20.2. The Morgan fingerprint density at radius 3 is 1.27 bits per heavy atom. The maximum absolute atomic E-state index is 12.1. The number of carbonyl (C=O) groups excluding carboxylic acids is 1. The SMILES string of the molecule is CCCCCCCCCCCCCCCCCC(=O)OCCNCC(CCO)CCCCCCCCCCCCCCCC. The van der Waals surface area contributed by atoms with Crippen molar-refractivity contribution in [3.63, 3.8) is 0 Å². The standard InChI is InChI=1S/C40H81NO3/c1-3-5-7-9-11-13-15-17-19-21-23-25-27-29-31-33-40(43)44-37-35-41-38-39(34-36-42)32-30-28-26-24-22-20-18-16-14-12-10-8-6-4-2/h39,41-42H,3-38H2,1-2H3. The highest BCUT2D eigenvalue weighted by Crippen LogP contribution is 2.17. The molecule has 0 aromatic carbocycles. The lowest BCUT2D eigenvalue weighted by Crippen LogP contribution is -2.27. The van der Waals surface area contributed by atoms with Crippen molar-refractivity contribution >= 4 is 5.97 Å². The highest BCUT2D eigenvalue weighted by atomic mass is 16.5. The molecule has 0 spiro atoms. The molecule has 2 N–H and O–H groups in total. The number of aliphatic hydroxyl groups is 1. The second kappa shape index (κ2) is 38.6. The minimum atomic E-state index is -0.0455. The summed E-state index contributed by atoms with van der Waals surface area (Å²) in [6, 6.07) is 0. The Labute approximate surface area is 277 Å². The van der Waals surface area contributed by atoms with Gasteiger partial charge in [-0.05, 0) is 31.7 Å². The number of carbonyl (C=O) groups is 1. The molecular formula is C40H81NO3.